The molecule has 3 aromatic rings. The molecule has 5 nitrogen and oxygen atoms in total. The number of fused-ring (bicyclic) bond motifs is 1. The molecule has 27 heavy (non-hydrogen) atoms. The van der Waals surface area contributed by atoms with Crippen LogP contribution in [0.3, 0.4) is 0 Å². The van der Waals surface area contributed by atoms with E-state index in [9.17, 15) is 13.2 Å². The highest BCUT2D eigenvalue weighted by Crippen LogP contribution is 2.31. The van der Waals surface area contributed by atoms with E-state index < -0.39 is 9.84 Å². The van der Waals surface area contributed by atoms with Crippen LogP contribution in [0.15, 0.2) is 76.0 Å². The minimum absolute atomic E-state index is 0.0460. The van der Waals surface area contributed by atoms with Gasteiger partial charge in [0.2, 0.25) is 0 Å². The van der Waals surface area contributed by atoms with Gasteiger partial charge in [-0.1, -0.05) is 42.5 Å². The summed E-state index contributed by atoms with van der Waals surface area (Å²) in [7, 11) is -3.51. The van der Waals surface area contributed by atoms with Gasteiger partial charge in [0.1, 0.15) is 11.5 Å². The third-order valence-corrected chi connectivity index (χ3v) is 6.41. The van der Waals surface area contributed by atoms with Gasteiger partial charge in [0.25, 0.3) is 5.91 Å². The fourth-order valence-electron chi connectivity index (χ4n) is 3.41. The van der Waals surface area contributed by atoms with Crippen LogP contribution in [0.5, 0.6) is 0 Å². The molecule has 1 heterocycles. The number of aryl methyl sites for hydroxylation is 1. The number of carbonyl (C=O) groups is 1. The Balaban J connectivity index is 1.46. The summed E-state index contributed by atoms with van der Waals surface area (Å²) in [4.78, 5) is 12.7. The fraction of sp³-hybridized carbons (Fsp3) is 0.190. The Morgan fingerprint density at radius 3 is 2.56 bits per heavy atom. The first-order valence-electron chi connectivity index (χ1n) is 8.78. The topological polar surface area (TPSA) is 76.4 Å². The SMILES string of the molecule is O=C(NC1CCc2ccccc21)c1ccc(CS(=O)(=O)c2ccccc2)o1. The maximum atomic E-state index is 12.5. The number of furan rings is 1. The smallest absolute Gasteiger partial charge is 0.287 e. The third kappa shape index (κ3) is 3.66. The molecule has 0 radical (unpaired) electrons. The van der Waals surface area contributed by atoms with Crippen molar-refractivity contribution in [3.63, 3.8) is 0 Å². The van der Waals surface area contributed by atoms with Crippen molar-refractivity contribution in [2.24, 2.45) is 0 Å². The van der Waals surface area contributed by atoms with Crippen molar-refractivity contribution in [2.45, 2.75) is 29.5 Å². The van der Waals surface area contributed by atoms with Gasteiger partial charge in [0.05, 0.1) is 10.9 Å². The highest BCUT2D eigenvalue weighted by atomic mass is 32.2. The van der Waals surface area contributed by atoms with Crippen molar-refractivity contribution in [1.29, 1.82) is 0 Å². The summed E-state index contributed by atoms with van der Waals surface area (Å²) in [6, 6.07) is 19.3. The van der Waals surface area contributed by atoms with E-state index in [-0.39, 0.29) is 34.1 Å². The average Bonchev–Trinajstić information content (AvgIpc) is 3.30. The molecule has 0 spiro atoms. The van der Waals surface area contributed by atoms with Crippen molar-refractivity contribution in [3.8, 4) is 0 Å². The predicted molar refractivity (Wildman–Crippen MR) is 101 cm³/mol. The van der Waals surface area contributed by atoms with E-state index in [2.05, 4.69) is 11.4 Å². The zero-order valence-corrected chi connectivity index (χ0v) is 15.4. The van der Waals surface area contributed by atoms with Crippen LogP contribution < -0.4 is 5.32 Å². The first kappa shape index (κ1) is 17.5. The normalized spacial score (nSPS) is 16.1. The number of hydrogen-bond acceptors (Lipinski definition) is 4. The van der Waals surface area contributed by atoms with Gasteiger partial charge in [0.15, 0.2) is 15.6 Å². The summed E-state index contributed by atoms with van der Waals surface area (Å²) in [6.45, 7) is 0. The van der Waals surface area contributed by atoms with E-state index in [1.54, 1.807) is 30.3 Å². The molecule has 1 aliphatic carbocycles. The van der Waals surface area contributed by atoms with E-state index in [1.807, 2.05) is 18.2 Å². The molecule has 0 fully saturated rings. The van der Waals surface area contributed by atoms with Gasteiger partial charge in [-0.2, -0.15) is 0 Å². The van der Waals surface area contributed by atoms with Gasteiger partial charge in [-0.25, -0.2) is 8.42 Å². The molecule has 0 saturated carbocycles. The van der Waals surface area contributed by atoms with E-state index in [0.717, 1.165) is 18.4 Å². The summed E-state index contributed by atoms with van der Waals surface area (Å²) in [5.74, 6) is -0.246. The number of rotatable bonds is 5. The van der Waals surface area contributed by atoms with Crippen LogP contribution in [0, 0.1) is 0 Å². The van der Waals surface area contributed by atoms with Gasteiger partial charge in [-0.05, 0) is 48.2 Å². The average molecular weight is 381 g/mol. The summed E-state index contributed by atoms with van der Waals surface area (Å²) in [5.41, 5.74) is 2.38. The van der Waals surface area contributed by atoms with Crippen LogP contribution in [-0.4, -0.2) is 14.3 Å². The molecule has 0 bridgehead atoms. The van der Waals surface area contributed by atoms with Crippen LogP contribution in [0.25, 0.3) is 0 Å². The van der Waals surface area contributed by atoms with E-state index in [0.29, 0.717) is 0 Å². The first-order chi connectivity index (χ1) is 13.0. The Hall–Kier alpha value is -2.86. The lowest BCUT2D eigenvalue weighted by Gasteiger charge is -2.12. The number of nitrogens with one attached hydrogen (secondary N) is 1. The van der Waals surface area contributed by atoms with Crippen LogP contribution in [0.4, 0.5) is 0 Å². The molecule has 1 amide bonds. The van der Waals surface area contributed by atoms with Gasteiger partial charge in [0, 0.05) is 0 Å². The molecule has 138 valence electrons. The van der Waals surface area contributed by atoms with Crippen molar-refractivity contribution in [2.75, 3.05) is 0 Å². The second-order valence-corrected chi connectivity index (χ2v) is 8.59. The van der Waals surface area contributed by atoms with Crippen molar-refractivity contribution in [1.82, 2.24) is 5.32 Å². The molecule has 1 N–H and O–H groups in total. The first-order valence-corrected chi connectivity index (χ1v) is 10.4. The molecule has 4 rings (SSSR count). The summed E-state index contributed by atoms with van der Waals surface area (Å²) in [5, 5.41) is 2.98. The molecule has 2 aromatic carbocycles. The zero-order chi connectivity index (χ0) is 18.9. The van der Waals surface area contributed by atoms with Crippen LogP contribution in [-0.2, 0) is 22.0 Å². The summed E-state index contributed by atoms with van der Waals surface area (Å²) >= 11 is 0. The molecule has 0 aliphatic heterocycles. The highest BCUT2D eigenvalue weighted by Gasteiger charge is 2.25. The molecule has 0 saturated heterocycles. The fourth-order valence-corrected chi connectivity index (χ4v) is 4.68. The third-order valence-electron chi connectivity index (χ3n) is 4.76. The second-order valence-electron chi connectivity index (χ2n) is 6.60. The lowest BCUT2D eigenvalue weighted by Crippen LogP contribution is -2.26. The van der Waals surface area contributed by atoms with Crippen molar-refractivity contribution < 1.29 is 17.6 Å². The zero-order valence-electron chi connectivity index (χ0n) is 14.6. The van der Waals surface area contributed by atoms with Gasteiger partial charge in [-0.3, -0.25) is 4.79 Å². The molecule has 1 aliphatic rings. The van der Waals surface area contributed by atoms with E-state index >= 15 is 0 Å². The maximum Gasteiger partial charge on any atom is 0.287 e. The summed E-state index contributed by atoms with van der Waals surface area (Å²) in [6.07, 6.45) is 1.78. The standard InChI is InChI=1S/C21H19NO4S/c23-21(22-19-12-10-15-6-4-5-9-18(15)19)20-13-11-16(26-20)14-27(24,25)17-7-2-1-3-8-17/h1-9,11,13,19H,10,12,14H2,(H,22,23). The van der Waals surface area contributed by atoms with Gasteiger partial charge in [-0.15, -0.1) is 0 Å². The maximum absolute atomic E-state index is 12.5. The monoisotopic (exact) mass is 381 g/mol. The van der Waals surface area contributed by atoms with Gasteiger partial charge < -0.3 is 9.73 Å². The van der Waals surface area contributed by atoms with Gasteiger partial charge >= 0.3 is 0 Å². The highest BCUT2D eigenvalue weighted by molar-refractivity contribution is 7.90. The molecular formula is C21H19NO4S. The number of carbonyl (C=O) groups excluding carboxylic acids is 1. The Morgan fingerprint density at radius 1 is 1.00 bits per heavy atom. The minimum atomic E-state index is -3.51. The number of amides is 1. The molecule has 1 atom stereocenters. The molecule has 1 unspecified atom stereocenters. The lowest BCUT2D eigenvalue weighted by atomic mass is 10.1. The Labute approximate surface area is 157 Å². The number of sulfone groups is 1. The lowest BCUT2D eigenvalue weighted by molar-refractivity contribution is 0.0907. The van der Waals surface area contributed by atoms with E-state index in [1.165, 1.54) is 17.7 Å². The quantitative estimate of drug-likeness (QED) is 0.732. The predicted octanol–water partition coefficient (Wildman–Crippen LogP) is 3.67. The largest absolute Gasteiger partial charge is 0.455 e. The second kappa shape index (κ2) is 7.04. The number of hydrogen-bond donors (Lipinski definition) is 1. The van der Waals surface area contributed by atoms with Crippen molar-refractivity contribution >= 4 is 15.7 Å². The Bertz CT molecular complexity index is 1070. The van der Waals surface area contributed by atoms with Crippen LogP contribution in [0.2, 0.25) is 0 Å². The van der Waals surface area contributed by atoms with Crippen LogP contribution in [0.1, 0.15) is 39.9 Å². The van der Waals surface area contributed by atoms with Crippen molar-refractivity contribution in [3.05, 3.63) is 89.4 Å². The Morgan fingerprint density at radius 2 is 1.74 bits per heavy atom. The molecule has 1 aromatic heterocycles. The Kier molecular flexibility index (Phi) is 4.58. The minimum Gasteiger partial charge on any atom is -0.455 e. The molecular weight excluding hydrogens is 362 g/mol. The number of benzene rings is 2. The van der Waals surface area contributed by atoms with Crippen LogP contribution >= 0.6 is 0 Å². The summed E-state index contributed by atoms with van der Waals surface area (Å²) < 4.78 is 30.4. The van der Waals surface area contributed by atoms with E-state index in [4.69, 9.17) is 4.42 Å². The molecule has 6 heteroatoms.